The van der Waals surface area contributed by atoms with Gasteiger partial charge in [-0.15, -0.1) is 0 Å². The Morgan fingerprint density at radius 2 is 1.94 bits per heavy atom. The molecular formula is C13H19FN2. The molecule has 0 saturated carbocycles. The van der Waals surface area contributed by atoms with Crippen LogP contribution in [0.2, 0.25) is 0 Å². The summed E-state index contributed by atoms with van der Waals surface area (Å²) in [4.78, 5) is 2.32. The second-order valence-electron chi connectivity index (χ2n) is 4.54. The number of rotatable bonds is 2. The highest BCUT2D eigenvalue weighted by atomic mass is 19.1. The summed E-state index contributed by atoms with van der Waals surface area (Å²) in [7, 11) is 0. The SMILES string of the molecule is C[C@@H](N)c1cc(F)ccc1N1CCCCC1. The van der Waals surface area contributed by atoms with E-state index < -0.39 is 0 Å². The molecule has 0 radical (unpaired) electrons. The molecule has 1 aliphatic heterocycles. The maximum absolute atomic E-state index is 13.2. The first-order valence-electron chi connectivity index (χ1n) is 5.98. The average Bonchev–Trinajstić information content (AvgIpc) is 2.30. The molecule has 1 aliphatic rings. The van der Waals surface area contributed by atoms with Crippen molar-refractivity contribution in [2.75, 3.05) is 18.0 Å². The molecule has 0 aromatic heterocycles. The van der Waals surface area contributed by atoms with Crippen molar-refractivity contribution in [1.82, 2.24) is 0 Å². The van der Waals surface area contributed by atoms with Crippen molar-refractivity contribution in [1.29, 1.82) is 0 Å². The van der Waals surface area contributed by atoms with Crippen molar-refractivity contribution in [3.8, 4) is 0 Å². The molecule has 2 nitrogen and oxygen atoms in total. The van der Waals surface area contributed by atoms with Crippen molar-refractivity contribution >= 4 is 5.69 Å². The highest BCUT2D eigenvalue weighted by Crippen LogP contribution is 2.28. The third kappa shape index (κ3) is 2.35. The van der Waals surface area contributed by atoms with Gasteiger partial charge >= 0.3 is 0 Å². The van der Waals surface area contributed by atoms with Crippen LogP contribution in [0.4, 0.5) is 10.1 Å². The van der Waals surface area contributed by atoms with Gasteiger partial charge in [-0.2, -0.15) is 0 Å². The summed E-state index contributed by atoms with van der Waals surface area (Å²) in [5.41, 5.74) is 7.92. The second-order valence-corrected chi connectivity index (χ2v) is 4.54. The molecule has 0 amide bonds. The molecule has 1 heterocycles. The van der Waals surface area contributed by atoms with Crippen molar-refractivity contribution < 1.29 is 4.39 Å². The number of halogens is 1. The first-order valence-corrected chi connectivity index (χ1v) is 5.98. The molecule has 0 bridgehead atoms. The predicted molar refractivity (Wildman–Crippen MR) is 65.1 cm³/mol. The van der Waals surface area contributed by atoms with Crippen LogP contribution < -0.4 is 10.6 Å². The molecular weight excluding hydrogens is 203 g/mol. The fourth-order valence-corrected chi connectivity index (χ4v) is 2.31. The molecule has 2 N–H and O–H groups in total. The van der Waals surface area contributed by atoms with E-state index in [1.807, 2.05) is 13.0 Å². The minimum absolute atomic E-state index is 0.118. The van der Waals surface area contributed by atoms with Gasteiger partial charge in [-0.3, -0.25) is 0 Å². The van der Waals surface area contributed by atoms with Crippen molar-refractivity contribution in [3.05, 3.63) is 29.6 Å². The highest BCUT2D eigenvalue weighted by Gasteiger charge is 2.16. The maximum Gasteiger partial charge on any atom is 0.123 e. The lowest BCUT2D eigenvalue weighted by molar-refractivity contribution is 0.572. The van der Waals surface area contributed by atoms with Crippen molar-refractivity contribution in [3.63, 3.8) is 0 Å². The van der Waals surface area contributed by atoms with Gasteiger partial charge in [0.25, 0.3) is 0 Å². The Kier molecular flexibility index (Phi) is 3.44. The zero-order valence-electron chi connectivity index (χ0n) is 9.75. The van der Waals surface area contributed by atoms with Gasteiger partial charge in [0.2, 0.25) is 0 Å². The summed E-state index contributed by atoms with van der Waals surface area (Å²) in [6.45, 7) is 4.03. The number of anilines is 1. The van der Waals surface area contributed by atoms with Crippen LogP contribution in [0.5, 0.6) is 0 Å². The molecule has 1 fully saturated rings. The van der Waals surface area contributed by atoms with Crippen LogP contribution in [0.25, 0.3) is 0 Å². The van der Waals surface area contributed by atoms with E-state index in [0.717, 1.165) is 24.3 Å². The maximum atomic E-state index is 13.2. The Balaban J connectivity index is 2.31. The third-order valence-electron chi connectivity index (χ3n) is 3.18. The van der Waals surface area contributed by atoms with Crippen LogP contribution in [0.3, 0.4) is 0 Å². The normalized spacial score (nSPS) is 18.6. The van der Waals surface area contributed by atoms with E-state index in [1.165, 1.54) is 25.3 Å². The zero-order valence-corrected chi connectivity index (χ0v) is 9.75. The van der Waals surface area contributed by atoms with Gasteiger partial charge in [0.05, 0.1) is 0 Å². The second kappa shape index (κ2) is 4.83. The number of nitrogens with zero attached hydrogens (tertiary/aromatic N) is 1. The van der Waals surface area contributed by atoms with Gasteiger partial charge in [0.15, 0.2) is 0 Å². The van der Waals surface area contributed by atoms with E-state index in [1.54, 1.807) is 6.07 Å². The summed E-state index contributed by atoms with van der Waals surface area (Å²) >= 11 is 0. The largest absolute Gasteiger partial charge is 0.371 e. The molecule has 16 heavy (non-hydrogen) atoms. The van der Waals surface area contributed by atoms with Gasteiger partial charge in [-0.25, -0.2) is 4.39 Å². The smallest absolute Gasteiger partial charge is 0.123 e. The topological polar surface area (TPSA) is 29.3 Å². The standard InChI is InChI=1S/C13H19FN2/c1-10(15)12-9-11(14)5-6-13(12)16-7-3-2-4-8-16/h5-6,9-10H,2-4,7-8,15H2,1H3/t10-/m1/s1. The number of hydrogen-bond donors (Lipinski definition) is 1. The lowest BCUT2D eigenvalue weighted by Crippen LogP contribution is -2.31. The summed E-state index contributed by atoms with van der Waals surface area (Å²) in [5.74, 6) is -0.201. The highest BCUT2D eigenvalue weighted by molar-refractivity contribution is 5.55. The van der Waals surface area contributed by atoms with Crippen molar-refractivity contribution in [2.24, 2.45) is 5.73 Å². The predicted octanol–water partition coefficient (Wildman–Crippen LogP) is 2.84. The Morgan fingerprint density at radius 1 is 1.25 bits per heavy atom. The first-order chi connectivity index (χ1) is 7.68. The summed E-state index contributed by atoms with van der Waals surface area (Å²) < 4.78 is 13.2. The van der Waals surface area contributed by atoms with E-state index in [9.17, 15) is 4.39 Å². The quantitative estimate of drug-likeness (QED) is 0.833. The third-order valence-corrected chi connectivity index (χ3v) is 3.18. The van der Waals surface area contributed by atoms with E-state index >= 15 is 0 Å². The number of hydrogen-bond acceptors (Lipinski definition) is 2. The molecule has 3 heteroatoms. The van der Waals surface area contributed by atoms with E-state index in [0.29, 0.717) is 0 Å². The Hall–Kier alpha value is -1.09. The van der Waals surface area contributed by atoms with Crippen LogP contribution in [0.15, 0.2) is 18.2 Å². The molecule has 1 saturated heterocycles. The van der Waals surface area contributed by atoms with Gasteiger partial charge in [-0.05, 0) is 49.9 Å². The van der Waals surface area contributed by atoms with E-state index in [4.69, 9.17) is 5.73 Å². The van der Waals surface area contributed by atoms with Crippen molar-refractivity contribution in [2.45, 2.75) is 32.2 Å². The lowest BCUT2D eigenvalue weighted by atomic mass is 10.0. The molecule has 0 aliphatic carbocycles. The molecule has 2 rings (SSSR count). The molecule has 1 aromatic carbocycles. The van der Waals surface area contributed by atoms with Gasteiger partial charge < -0.3 is 10.6 Å². The monoisotopic (exact) mass is 222 g/mol. The number of benzene rings is 1. The molecule has 0 unspecified atom stereocenters. The van der Waals surface area contributed by atoms with Gasteiger partial charge in [-0.1, -0.05) is 0 Å². The lowest BCUT2D eigenvalue weighted by Gasteiger charge is -2.31. The first kappa shape index (κ1) is 11.4. The van der Waals surface area contributed by atoms with Gasteiger partial charge in [0.1, 0.15) is 5.82 Å². The van der Waals surface area contributed by atoms with E-state index in [-0.39, 0.29) is 11.9 Å². The Bertz CT molecular complexity index is 357. The minimum atomic E-state index is -0.201. The fraction of sp³-hybridized carbons (Fsp3) is 0.538. The fourth-order valence-electron chi connectivity index (χ4n) is 2.31. The van der Waals surface area contributed by atoms with Crippen LogP contribution in [0, 0.1) is 5.82 Å². The molecule has 1 aromatic rings. The van der Waals surface area contributed by atoms with Gasteiger partial charge in [0, 0.05) is 24.8 Å². The molecule has 0 spiro atoms. The van der Waals surface area contributed by atoms with Crippen LogP contribution in [0.1, 0.15) is 37.8 Å². The summed E-state index contributed by atoms with van der Waals surface area (Å²) in [5, 5.41) is 0. The van der Waals surface area contributed by atoms with Crippen LogP contribution in [-0.4, -0.2) is 13.1 Å². The Morgan fingerprint density at radius 3 is 2.56 bits per heavy atom. The van der Waals surface area contributed by atoms with Crippen LogP contribution in [-0.2, 0) is 0 Å². The molecule has 88 valence electrons. The van der Waals surface area contributed by atoms with E-state index in [2.05, 4.69) is 4.90 Å². The minimum Gasteiger partial charge on any atom is -0.371 e. The zero-order chi connectivity index (χ0) is 11.5. The Labute approximate surface area is 96.2 Å². The summed E-state index contributed by atoms with van der Waals surface area (Å²) in [6.07, 6.45) is 3.73. The van der Waals surface area contributed by atoms with Crippen LogP contribution >= 0.6 is 0 Å². The molecule has 1 atom stereocenters. The average molecular weight is 222 g/mol. The number of piperidine rings is 1. The summed E-state index contributed by atoms with van der Waals surface area (Å²) in [6, 6.07) is 4.83. The number of nitrogens with two attached hydrogens (primary N) is 1.